The Morgan fingerprint density at radius 2 is 1.83 bits per heavy atom. The molecule has 4 heterocycles. The molecule has 3 aliphatic heterocycles. The number of hydrogen-bond donors (Lipinski definition) is 2. The first-order chi connectivity index (χ1) is 17.4. The first kappa shape index (κ1) is 24.4. The molecule has 0 aliphatic carbocycles. The number of carbonyl (C=O) groups is 3. The number of carbonyl (C=O) groups excluding carboxylic acids is 3. The van der Waals surface area contributed by atoms with Gasteiger partial charge in [0.1, 0.15) is 12.2 Å². The second kappa shape index (κ2) is 10.3. The Hall–Kier alpha value is -3.33. The molecule has 2 fully saturated rings. The number of nitrogens with one attached hydrogen (secondary N) is 2. The summed E-state index contributed by atoms with van der Waals surface area (Å²) in [6.07, 6.45) is 3.50. The van der Waals surface area contributed by atoms with E-state index >= 15 is 0 Å². The third kappa shape index (κ3) is 4.84. The molecule has 9 heteroatoms. The van der Waals surface area contributed by atoms with E-state index in [0.29, 0.717) is 18.9 Å². The molecule has 1 aromatic heterocycles. The highest BCUT2D eigenvalue weighted by Crippen LogP contribution is 2.39. The number of furan rings is 1. The second-order valence-corrected chi connectivity index (χ2v) is 10.4. The molecule has 1 aromatic carbocycles. The Balaban J connectivity index is 1.49. The maximum Gasteiger partial charge on any atom is 0.291 e. The topological polar surface area (TPSA) is 98.1 Å². The number of nitrogens with zero attached hydrogens (tertiary/aromatic N) is 3. The van der Waals surface area contributed by atoms with Gasteiger partial charge in [-0.15, -0.1) is 0 Å². The summed E-state index contributed by atoms with van der Waals surface area (Å²) in [4.78, 5) is 45.8. The molecule has 36 heavy (non-hydrogen) atoms. The molecule has 5 rings (SSSR count). The van der Waals surface area contributed by atoms with Crippen LogP contribution in [0.25, 0.3) is 0 Å². The van der Waals surface area contributed by atoms with Gasteiger partial charge in [-0.3, -0.25) is 19.3 Å². The van der Waals surface area contributed by atoms with Crippen LogP contribution in [-0.2, 0) is 9.59 Å². The van der Waals surface area contributed by atoms with E-state index in [0.717, 1.165) is 43.9 Å². The van der Waals surface area contributed by atoms with Crippen LogP contribution in [0.1, 0.15) is 43.7 Å². The number of fused-ring (bicyclic) bond motifs is 3. The molecule has 3 aliphatic rings. The standard InChI is InChI=1S/C27H35N5O4/c1-18(2)14-24(33)29-20-16-31(27(35)23-8-5-13-36-23)25-17-30(15-19-9-11-28-12-10-19)21-6-3-4-7-22(21)32(25)26(20)34/h3-8,13,18-20,25,28H,9-12,14-17H2,1-2H3,(H,29,33)/t20-,25?/m0/s1. The fraction of sp³-hybridized carbons (Fsp3) is 0.519. The molecule has 192 valence electrons. The molecule has 0 saturated carbocycles. The number of anilines is 2. The van der Waals surface area contributed by atoms with Crippen molar-refractivity contribution < 1.29 is 18.8 Å². The van der Waals surface area contributed by atoms with Gasteiger partial charge in [0.25, 0.3) is 11.8 Å². The van der Waals surface area contributed by atoms with Crippen LogP contribution in [0, 0.1) is 11.8 Å². The number of amides is 3. The van der Waals surface area contributed by atoms with Crippen LogP contribution < -0.4 is 20.4 Å². The Kier molecular flexibility index (Phi) is 7.00. The molecule has 1 unspecified atom stereocenters. The minimum absolute atomic E-state index is 0.104. The molecular formula is C27H35N5O4. The van der Waals surface area contributed by atoms with Crippen molar-refractivity contribution >= 4 is 29.1 Å². The van der Waals surface area contributed by atoms with Gasteiger partial charge in [0.2, 0.25) is 5.91 Å². The highest BCUT2D eigenvalue weighted by atomic mass is 16.3. The summed E-state index contributed by atoms with van der Waals surface area (Å²) in [5.74, 6) is 0.269. The third-order valence-corrected chi connectivity index (χ3v) is 7.30. The average molecular weight is 494 g/mol. The van der Waals surface area contributed by atoms with Crippen LogP contribution in [0.3, 0.4) is 0 Å². The van der Waals surface area contributed by atoms with E-state index in [-0.39, 0.29) is 35.9 Å². The largest absolute Gasteiger partial charge is 0.459 e. The fourth-order valence-electron chi connectivity index (χ4n) is 5.58. The Bertz CT molecular complexity index is 1100. The first-order valence-corrected chi connectivity index (χ1v) is 12.9. The van der Waals surface area contributed by atoms with Crippen molar-refractivity contribution in [2.24, 2.45) is 11.8 Å². The van der Waals surface area contributed by atoms with Crippen LogP contribution in [0.2, 0.25) is 0 Å². The summed E-state index contributed by atoms with van der Waals surface area (Å²) in [5.41, 5.74) is 1.76. The second-order valence-electron chi connectivity index (χ2n) is 10.4. The van der Waals surface area contributed by atoms with Gasteiger partial charge in [-0.1, -0.05) is 26.0 Å². The molecule has 2 saturated heterocycles. The van der Waals surface area contributed by atoms with Crippen LogP contribution in [0.4, 0.5) is 11.4 Å². The number of benzene rings is 1. The summed E-state index contributed by atoms with van der Waals surface area (Å²) in [7, 11) is 0. The zero-order valence-electron chi connectivity index (χ0n) is 21.0. The third-order valence-electron chi connectivity index (χ3n) is 7.30. The summed E-state index contributed by atoms with van der Waals surface area (Å²) in [6.45, 7) is 7.42. The Morgan fingerprint density at radius 1 is 1.08 bits per heavy atom. The molecular weight excluding hydrogens is 458 g/mol. The lowest BCUT2D eigenvalue weighted by Crippen LogP contribution is -2.71. The minimum atomic E-state index is -0.824. The van der Waals surface area contributed by atoms with E-state index in [9.17, 15) is 14.4 Å². The normalized spacial score (nSPS) is 22.4. The van der Waals surface area contributed by atoms with Gasteiger partial charge >= 0.3 is 0 Å². The summed E-state index contributed by atoms with van der Waals surface area (Å²) >= 11 is 0. The van der Waals surface area contributed by atoms with E-state index in [1.807, 2.05) is 38.1 Å². The lowest BCUT2D eigenvalue weighted by molar-refractivity contribution is -0.130. The maximum atomic E-state index is 13.8. The molecule has 2 N–H and O–H groups in total. The first-order valence-electron chi connectivity index (χ1n) is 12.9. The Labute approximate surface area is 211 Å². The molecule has 3 amide bonds. The highest BCUT2D eigenvalue weighted by molar-refractivity contribution is 6.05. The molecule has 0 spiro atoms. The van der Waals surface area contributed by atoms with Crippen molar-refractivity contribution in [3.05, 3.63) is 48.4 Å². The molecule has 0 radical (unpaired) electrons. The number of rotatable bonds is 6. The SMILES string of the molecule is CC(C)CC(=O)N[C@H]1CN(C(=O)c2ccco2)C2CN(CC3CCNCC3)c3ccccc3N2C1=O. The molecule has 0 bridgehead atoms. The lowest BCUT2D eigenvalue weighted by atomic mass is 9.95. The maximum absolute atomic E-state index is 13.8. The van der Waals surface area contributed by atoms with E-state index in [1.165, 1.54) is 6.26 Å². The Morgan fingerprint density at radius 3 is 2.53 bits per heavy atom. The highest BCUT2D eigenvalue weighted by Gasteiger charge is 2.48. The van der Waals surface area contributed by atoms with Gasteiger partial charge in [0.15, 0.2) is 5.76 Å². The summed E-state index contributed by atoms with van der Waals surface area (Å²) in [5, 5.41) is 6.32. The van der Waals surface area contributed by atoms with Gasteiger partial charge in [-0.25, -0.2) is 0 Å². The van der Waals surface area contributed by atoms with Crippen molar-refractivity contribution in [2.45, 2.75) is 45.3 Å². The van der Waals surface area contributed by atoms with Gasteiger partial charge < -0.3 is 24.9 Å². The number of hydrogen-bond acceptors (Lipinski definition) is 6. The van der Waals surface area contributed by atoms with E-state index in [1.54, 1.807) is 21.9 Å². The summed E-state index contributed by atoms with van der Waals surface area (Å²) in [6, 6.07) is 10.4. The zero-order chi connectivity index (χ0) is 25.2. The average Bonchev–Trinajstić information content (AvgIpc) is 3.40. The predicted octanol–water partition coefficient (Wildman–Crippen LogP) is 2.45. The monoisotopic (exact) mass is 493 g/mol. The summed E-state index contributed by atoms with van der Waals surface area (Å²) < 4.78 is 5.44. The van der Waals surface area contributed by atoms with Crippen LogP contribution >= 0.6 is 0 Å². The van der Waals surface area contributed by atoms with Crippen molar-refractivity contribution in [3.8, 4) is 0 Å². The number of piperidine rings is 1. The van der Waals surface area contributed by atoms with Crippen molar-refractivity contribution in [2.75, 3.05) is 42.5 Å². The van der Waals surface area contributed by atoms with Crippen LogP contribution in [0.15, 0.2) is 47.1 Å². The van der Waals surface area contributed by atoms with Crippen molar-refractivity contribution in [1.82, 2.24) is 15.5 Å². The van der Waals surface area contributed by atoms with Crippen LogP contribution in [0.5, 0.6) is 0 Å². The number of para-hydroxylation sites is 2. The van der Waals surface area contributed by atoms with Gasteiger partial charge in [-0.2, -0.15) is 0 Å². The quantitative estimate of drug-likeness (QED) is 0.642. The smallest absolute Gasteiger partial charge is 0.291 e. The minimum Gasteiger partial charge on any atom is -0.459 e. The van der Waals surface area contributed by atoms with Crippen molar-refractivity contribution in [1.29, 1.82) is 0 Å². The lowest BCUT2D eigenvalue weighted by Gasteiger charge is -2.52. The molecule has 2 atom stereocenters. The molecule has 2 aromatic rings. The van der Waals surface area contributed by atoms with E-state index in [2.05, 4.69) is 15.5 Å². The van der Waals surface area contributed by atoms with Gasteiger partial charge in [0, 0.05) is 13.0 Å². The van der Waals surface area contributed by atoms with Gasteiger partial charge in [0.05, 0.1) is 30.7 Å². The van der Waals surface area contributed by atoms with Crippen molar-refractivity contribution in [3.63, 3.8) is 0 Å². The predicted molar refractivity (Wildman–Crippen MR) is 137 cm³/mol. The fourth-order valence-corrected chi connectivity index (χ4v) is 5.58. The molecule has 9 nitrogen and oxygen atoms in total. The van der Waals surface area contributed by atoms with Crippen LogP contribution in [-0.4, -0.2) is 67.6 Å². The van der Waals surface area contributed by atoms with E-state index < -0.39 is 12.2 Å². The van der Waals surface area contributed by atoms with Gasteiger partial charge in [-0.05, 0) is 62.0 Å². The zero-order valence-corrected chi connectivity index (χ0v) is 21.0. The van der Waals surface area contributed by atoms with E-state index in [4.69, 9.17) is 4.42 Å².